The molecule has 1 aliphatic heterocycles. The van der Waals surface area contributed by atoms with Crippen molar-refractivity contribution in [1.29, 1.82) is 0 Å². The summed E-state index contributed by atoms with van der Waals surface area (Å²) in [5.41, 5.74) is 10.0. The number of anilines is 1. The van der Waals surface area contributed by atoms with Crippen molar-refractivity contribution in [3.63, 3.8) is 0 Å². The summed E-state index contributed by atoms with van der Waals surface area (Å²) < 4.78 is 0. The van der Waals surface area contributed by atoms with Crippen LogP contribution in [0, 0.1) is 0 Å². The van der Waals surface area contributed by atoms with Crippen LogP contribution in [0.4, 0.5) is 5.69 Å². The van der Waals surface area contributed by atoms with Gasteiger partial charge in [0.05, 0.1) is 15.7 Å². The monoisotopic (exact) mass is 354 g/mol. The van der Waals surface area contributed by atoms with Crippen LogP contribution in [0.15, 0.2) is 17.1 Å². The van der Waals surface area contributed by atoms with Gasteiger partial charge < -0.3 is 15.5 Å². The summed E-state index contributed by atoms with van der Waals surface area (Å²) in [6.45, 7) is 2.95. The number of benzene rings is 1. The van der Waals surface area contributed by atoms with E-state index >= 15 is 0 Å². The SMILES string of the molecule is CN=C/C=C(\N)c1cc(Cl)c(Cl)c2c1CCN(C)CCCN2C. The van der Waals surface area contributed by atoms with Gasteiger partial charge in [0.2, 0.25) is 0 Å². The van der Waals surface area contributed by atoms with Gasteiger partial charge in [-0.15, -0.1) is 0 Å². The highest BCUT2D eigenvalue weighted by Crippen LogP contribution is 2.40. The molecular formula is C17H24Cl2N4. The largest absolute Gasteiger partial charge is 0.398 e. The molecule has 0 bridgehead atoms. The van der Waals surface area contributed by atoms with E-state index in [2.05, 4.69) is 28.9 Å². The molecule has 2 rings (SSSR count). The highest BCUT2D eigenvalue weighted by atomic mass is 35.5. The second-order valence-corrected chi connectivity index (χ2v) is 6.69. The number of hydrogen-bond acceptors (Lipinski definition) is 4. The van der Waals surface area contributed by atoms with Crippen molar-refractivity contribution in [2.24, 2.45) is 10.7 Å². The van der Waals surface area contributed by atoms with E-state index in [1.165, 1.54) is 0 Å². The van der Waals surface area contributed by atoms with E-state index in [0.717, 1.165) is 49.3 Å². The third-order valence-corrected chi connectivity index (χ3v) is 4.95. The van der Waals surface area contributed by atoms with Crippen molar-refractivity contribution in [2.75, 3.05) is 45.7 Å². The molecule has 0 spiro atoms. The third kappa shape index (κ3) is 4.19. The van der Waals surface area contributed by atoms with E-state index in [4.69, 9.17) is 28.9 Å². The number of allylic oxidation sites excluding steroid dienone is 1. The minimum absolute atomic E-state index is 0.532. The zero-order valence-electron chi connectivity index (χ0n) is 13.9. The Morgan fingerprint density at radius 3 is 2.70 bits per heavy atom. The molecule has 2 N–H and O–H groups in total. The Bertz CT molecular complexity index is 626. The first-order valence-electron chi connectivity index (χ1n) is 7.74. The van der Waals surface area contributed by atoms with Crippen LogP contribution in [0.3, 0.4) is 0 Å². The summed E-state index contributed by atoms with van der Waals surface area (Å²) in [4.78, 5) is 8.49. The maximum atomic E-state index is 6.53. The highest BCUT2D eigenvalue weighted by molar-refractivity contribution is 6.44. The fourth-order valence-corrected chi connectivity index (χ4v) is 3.42. The summed E-state index contributed by atoms with van der Waals surface area (Å²) in [7, 11) is 5.92. The molecule has 0 saturated carbocycles. The molecule has 4 nitrogen and oxygen atoms in total. The van der Waals surface area contributed by atoms with Crippen LogP contribution >= 0.6 is 23.2 Å². The van der Waals surface area contributed by atoms with Crippen LogP contribution in [0.2, 0.25) is 10.0 Å². The lowest BCUT2D eigenvalue weighted by Gasteiger charge is -2.25. The summed E-state index contributed by atoms with van der Waals surface area (Å²) in [5.74, 6) is 0. The second kappa shape index (κ2) is 8.04. The third-order valence-electron chi connectivity index (χ3n) is 4.17. The van der Waals surface area contributed by atoms with Crippen LogP contribution in [-0.4, -0.2) is 51.9 Å². The van der Waals surface area contributed by atoms with E-state index < -0.39 is 0 Å². The molecule has 126 valence electrons. The lowest BCUT2D eigenvalue weighted by atomic mass is 9.98. The van der Waals surface area contributed by atoms with Gasteiger partial charge >= 0.3 is 0 Å². The van der Waals surface area contributed by atoms with E-state index in [-0.39, 0.29) is 0 Å². The van der Waals surface area contributed by atoms with E-state index in [1.54, 1.807) is 19.3 Å². The molecule has 1 aliphatic rings. The van der Waals surface area contributed by atoms with Gasteiger partial charge in [0, 0.05) is 44.7 Å². The second-order valence-electron chi connectivity index (χ2n) is 5.90. The van der Waals surface area contributed by atoms with Crippen molar-refractivity contribution in [3.05, 3.63) is 33.3 Å². The van der Waals surface area contributed by atoms with Crippen LogP contribution in [-0.2, 0) is 6.42 Å². The Balaban J connectivity index is 2.62. The van der Waals surface area contributed by atoms with Crippen molar-refractivity contribution >= 4 is 40.8 Å². The number of likely N-dealkylation sites (N-methyl/N-ethyl adjacent to an activating group) is 1. The fourth-order valence-electron chi connectivity index (χ4n) is 2.91. The molecule has 0 saturated heterocycles. The molecule has 0 radical (unpaired) electrons. The molecule has 0 unspecified atom stereocenters. The lowest BCUT2D eigenvalue weighted by Crippen LogP contribution is -2.24. The zero-order chi connectivity index (χ0) is 17.0. The summed E-state index contributed by atoms with van der Waals surface area (Å²) in [6, 6.07) is 1.86. The first-order valence-corrected chi connectivity index (χ1v) is 8.50. The predicted octanol–water partition coefficient (Wildman–Crippen LogP) is 3.31. The topological polar surface area (TPSA) is 44.9 Å². The van der Waals surface area contributed by atoms with Crippen LogP contribution in [0.5, 0.6) is 0 Å². The molecule has 0 amide bonds. The number of aliphatic imine (C=N–C) groups is 1. The number of hydrogen-bond donors (Lipinski definition) is 1. The number of nitrogens with two attached hydrogens (primary N) is 1. The molecule has 0 fully saturated rings. The zero-order valence-corrected chi connectivity index (χ0v) is 15.5. The molecular weight excluding hydrogens is 331 g/mol. The van der Waals surface area contributed by atoms with Gasteiger partial charge in [-0.1, -0.05) is 23.2 Å². The highest BCUT2D eigenvalue weighted by Gasteiger charge is 2.21. The van der Waals surface area contributed by atoms with Gasteiger partial charge in [-0.05, 0) is 44.1 Å². The molecule has 0 atom stereocenters. The van der Waals surface area contributed by atoms with Crippen molar-refractivity contribution in [3.8, 4) is 0 Å². The molecule has 1 aromatic carbocycles. The molecule has 0 aliphatic carbocycles. The fraction of sp³-hybridized carbons (Fsp3) is 0.471. The smallest absolute Gasteiger partial charge is 0.0828 e. The predicted molar refractivity (Wildman–Crippen MR) is 102 cm³/mol. The first-order chi connectivity index (χ1) is 11.0. The van der Waals surface area contributed by atoms with Crippen LogP contribution in [0.25, 0.3) is 5.70 Å². The van der Waals surface area contributed by atoms with Crippen molar-refractivity contribution in [1.82, 2.24) is 4.90 Å². The Hall–Kier alpha value is -1.23. The van der Waals surface area contributed by atoms with Crippen LogP contribution in [0.1, 0.15) is 17.5 Å². The number of fused-ring (bicyclic) bond motifs is 1. The Kier molecular flexibility index (Phi) is 6.33. The normalized spacial score (nSPS) is 17.8. The van der Waals surface area contributed by atoms with Crippen molar-refractivity contribution < 1.29 is 0 Å². The van der Waals surface area contributed by atoms with Gasteiger partial charge in [-0.25, -0.2) is 0 Å². The minimum Gasteiger partial charge on any atom is -0.398 e. The Labute approximate surface area is 148 Å². The average molecular weight is 355 g/mol. The quantitative estimate of drug-likeness (QED) is 0.828. The van der Waals surface area contributed by atoms with Crippen molar-refractivity contribution in [2.45, 2.75) is 12.8 Å². The minimum atomic E-state index is 0.532. The van der Waals surface area contributed by atoms with E-state index in [0.29, 0.717) is 15.7 Å². The first kappa shape index (κ1) is 18.1. The van der Waals surface area contributed by atoms with Gasteiger partial charge in [0.15, 0.2) is 0 Å². The van der Waals surface area contributed by atoms with E-state index in [9.17, 15) is 0 Å². The molecule has 0 aromatic heterocycles. The summed E-state index contributed by atoms with van der Waals surface area (Å²) >= 11 is 12.9. The molecule has 1 aromatic rings. The standard InChI is InChI=1S/C17H24Cl2N4/c1-21-7-5-15(20)13-11-14(18)16(19)17-12(13)6-10-22(2)8-4-9-23(17)3/h5,7,11H,4,6,8-10,20H2,1-3H3/b15-5-,21-7?. The molecule has 1 heterocycles. The number of halogens is 2. The van der Waals surface area contributed by atoms with Gasteiger partial charge in [-0.3, -0.25) is 4.99 Å². The van der Waals surface area contributed by atoms with Gasteiger partial charge in [-0.2, -0.15) is 0 Å². The van der Waals surface area contributed by atoms with Gasteiger partial charge in [0.25, 0.3) is 0 Å². The Morgan fingerprint density at radius 1 is 1.26 bits per heavy atom. The van der Waals surface area contributed by atoms with Gasteiger partial charge in [0.1, 0.15) is 0 Å². The summed E-state index contributed by atoms with van der Waals surface area (Å²) in [6.07, 6.45) is 5.45. The average Bonchev–Trinajstić information content (AvgIpc) is 2.59. The maximum Gasteiger partial charge on any atom is 0.0828 e. The lowest BCUT2D eigenvalue weighted by molar-refractivity contribution is 0.337. The Morgan fingerprint density at radius 2 is 2.00 bits per heavy atom. The van der Waals surface area contributed by atoms with Crippen LogP contribution < -0.4 is 10.6 Å². The molecule has 6 heteroatoms. The number of nitrogens with zero attached hydrogens (tertiary/aromatic N) is 3. The maximum absolute atomic E-state index is 6.53. The summed E-state index contributed by atoms with van der Waals surface area (Å²) in [5, 5.41) is 1.14. The van der Waals surface area contributed by atoms with E-state index in [1.807, 2.05) is 6.07 Å². The molecule has 23 heavy (non-hydrogen) atoms. The number of rotatable bonds is 2.